The van der Waals surface area contributed by atoms with Crippen LogP contribution in [0.2, 0.25) is 0 Å². The monoisotopic (exact) mass is 303 g/mol. The van der Waals surface area contributed by atoms with Gasteiger partial charge in [0, 0.05) is 18.2 Å². The van der Waals surface area contributed by atoms with Crippen molar-refractivity contribution < 1.29 is 22.4 Å². The predicted molar refractivity (Wildman–Crippen MR) is 70.3 cm³/mol. The van der Waals surface area contributed by atoms with Gasteiger partial charge >= 0.3 is 6.18 Å². The molecule has 1 amide bonds. The highest BCUT2D eigenvalue weighted by atomic mass is 19.4. The van der Waals surface area contributed by atoms with Crippen molar-refractivity contribution in [1.29, 1.82) is 0 Å². The summed E-state index contributed by atoms with van der Waals surface area (Å²) in [5, 5.41) is 0. The zero-order chi connectivity index (χ0) is 15.8. The molecular formula is C15H17F4NO. The summed E-state index contributed by atoms with van der Waals surface area (Å²) in [4.78, 5) is 14.0. The van der Waals surface area contributed by atoms with Crippen molar-refractivity contribution >= 4 is 5.91 Å². The molecular weight excluding hydrogens is 286 g/mol. The Morgan fingerprint density at radius 2 is 1.90 bits per heavy atom. The molecule has 1 aliphatic heterocycles. The van der Waals surface area contributed by atoms with Gasteiger partial charge in [0.25, 0.3) is 5.91 Å². The van der Waals surface area contributed by atoms with Crippen LogP contribution in [0.25, 0.3) is 0 Å². The van der Waals surface area contributed by atoms with E-state index >= 15 is 0 Å². The first-order valence-electron chi connectivity index (χ1n) is 6.88. The average Bonchev–Trinajstić information content (AvgIpc) is 2.40. The first-order chi connectivity index (χ1) is 9.70. The Bertz CT molecular complexity index is 541. The van der Waals surface area contributed by atoms with Gasteiger partial charge in [0.2, 0.25) is 0 Å². The third-order valence-electron chi connectivity index (χ3n) is 3.90. The van der Waals surface area contributed by atoms with Crippen LogP contribution in [-0.2, 0) is 6.18 Å². The lowest BCUT2D eigenvalue weighted by Gasteiger charge is -2.37. The van der Waals surface area contributed by atoms with E-state index in [1.807, 2.05) is 13.8 Å². The molecule has 21 heavy (non-hydrogen) atoms. The van der Waals surface area contributed by atoms with Crippen molar-refractivity contribution in [1.82, 2.24) is 4.90 Å². The predicted octanol–water partition coefficient (Wildman–Crippen LogP) is 4.11. The summed E-state index contributed by atoms with van der Waals surface area (Å²) < 4.78 is 51.4. The minimum Gasteiger partial charge on any atom is -0.336 e. The van der Waals surface area contributed by atoms with Gasteiger partial charge in [-0.2, -0.15) is 13.2 Å². The van der Waals surface area contributed by atoms with Gasteiger partial charge in [-0.3, -0.25) is 4.79 Å². The van der Waals surface area contributed by atoms with Crippen LogP contribution < -0.4 is 0 Å². The molecule has 1 heterocycles. The molecule has 0 radical (unpaired) electrons. The Balaban J connectivity index is 2.31. The molecule has 2 atom stereocenters. The van der Waals surface area contributed by atoms with E-state index in [9.17, 15) is 22.4 Å². The van der Waals surface area contributed by atoms with Crippen LogP contribution in [0.4, 0.5) is 17.6 Å². The molecule has 116 valence electrons. The lowest BCUT2D eigenvalue weighted by atomic mass is 9.94. The largest absolute Gasteiger partial charge is 0.419 e. The van der Waals surface area contributed by atoms with Crippen LogP contribution in [0, 0.1) is 11.7 Å². The van der Waals surface area contributed by atoms with E-state index < -0.39 is 23.5 Å². The number of nitrogens with zero attached hydrogens (tertiary/aromatic N) is 1. The van der Waals surface area contributed by atoms with Crippen LogP contribution in [0.1, 0.15) is 42.6 Å². The summed E-state index contributed by atoms with van der Waals surface area (Å²) >= 11 is 0. The molecule has 0 spiro atoms. The Morgan fingerprint density at radius 3 is 2.52 bits per heavy atom. The second-order valence-electron chi connectivity index (χ2n) is 5.68. The topological polar surface area (TPSA) is 20.3 Å². The highest BCUT2D eigenvalue weighted by Crippen LogP contribution is 2.32. The molecule has 0 aliphatic carbocycles. The second kappa shape index (κ2) is 5.66. The van der Waals surface area contributed by atoms with E-state index in [0.29, 0.717) is 24.6 Å². The average molecular weight is 303 g/mol. The Morgan fingerprint density at radius 1 is 1.24 bits per heavy atom. The fraction of sp³-hybridized carbons (Fsp3) is 0.533. The third kappa shape index (κ3) is 3.36. The molecule has 6 heteroatoms. The SMILES string of the molecule is CC1CCC(C)N(C(=O)c2ccc(F)c(C(F)(F)F)c2)C1. The van der Waals surface area contributed by atoms with E-state index in [0.717, 1.165) is 18.9 Å². The number of carbonyl (C=O) groups excluding carboxylic acids is 1. The van der Waals surface area contributed by atoms with Crippen molar-refractivity contribution in [3.8, 4) is 0 Å². The number of alkyl halides is 3. The smallest absolute Gasteiger partial charge is 0.336 e. The molecule has 1 aromatic carbocycles. The van der Waals surface area contributed by atoms with E-state index in [1.165, 1.54) is 0 Å². The molecule has 1 aromatic rings. The van der Waals surface area contributed by atoms with Crippen LogP contribution >= 0.6 is 0 Å². The first-order valence-corrected chi connectivity index (χ1v) is 6.88. The normalized spacial score (nSPS) is 23.2. The van der Waals surface area contributed by atoms with E-state index in [4.69, 9.17) is 0 Å². The number of piperidine rings is 1. The van der Waals surface area contributed by atoms with Crippen LogP contribution in [0.3, 0.4) is 0 Å². The number of halogens is 4. The Kier molecular flexibility index (Phi) is 4.25. The van der Waals surface area contributed by atoms with Gasteiger partial charge < -0.3 is 4.90 Å². The number of amides is 1. The van der Waals surface area contributed by atoms with Gasteiger partial charge in [-0.05, 0) is 43.9 Å². The number of carbonyl (C=O) groups is 1. The van der Waals surface area contributed by atoms with Crippen LogP contribution in [0.5, 0.6) is 0 Å². The van der Waals surface area contributed by atoms with Crippen molar-refractivity contribution in [2.75, 3.05) is 6.54 Å². The lowest BCUT2D eigenvalue weighted by molar-refractivity contribution is -0.140. The molecule has 2 rings (SSSR count). The molecule has 1 aliphatic rings. The first kappa shape index (κ1) is 15.8. The second-order valence-corrected chi connectivity index (χ2v) is 5.68. The fourth-order valence-corrected chi connectivity index (χ4v) is 2.61. The maximum absolute atomic E-state index is 13.3. The van der Waals surface area contributed by atoms with E-state index in [-0.39, 0.29) is 11.6 Å². The zero-order valence-electron chi connectivity index (χ0n) is 11.9. The van der Waals surface area contributed by atoms with Gasteiger partial charge in [-0.15, -0.1) is 0 Å². The van der Waals surface area contributed by atoms with Crippen molar-refractivity contribution in [2.45, 2.75) is 38.9 Å². The van der Waals surface area contributed by atoms with Gasteiger partial charge in [0.1, 0.15) is 5.82 Å². The summed E-state index contributed by atoms with van der Waals surface area (Å²) in [6, 6.07) is 2.39. The van der Waals surface area contributed by atoms with Crippen molar-refractivity contribution in [2.24, 2.45) is 5.92 Å². The molecule has 0 aromatic heterocycles. The molecule has 1 saturated heterocycles. The maximum atomic E-state index is 13.3. The van der Waals surface area contributed by atoms with Gasteiger partial charge in [0.05, 0.1) is 5.56 Å². The lowest BCUT2D eigenvalue weighted by Crippen LogP contribution is -2.45. The van der Waals surface area contributed by atoms with Crippen LogP contribution in [0.15, 0.2) is 18.2 Å². The number of likely N-dealkylation sites (tertiary alicyclic amines) is 1. The minimum atomic E-state index is -4.80. The third-order valence-corrected chi connectivity index (χ3v) is 3.90. The van der Waals surface area contributed by atoms with Gasteiger partial charge in [-0.25, -0.2) is 4.39 Å². The minimum absolute atomic E-state index is 0.0203. The highest BCUT2D eigenvalue weighted by Gasteiger charge is 2.35. The quantitative estimate of drug-likeness (QED) is 0.715. The summed E-state index contributed by atoms with van der Waals surface area (Å²) in [5.41, 5.74) is -1.52. The standard InChI is InChI=1S/C15H17F4NO/c1-9-3-4-10(2)20(8-9)14(21)11-5-6-13(16)12(7-11)15(17,18)19/h5-7,9-10H,3-4,8H2,1-2H3. The maximum Gasteiger partial charge on any atom is 0.419 e. The summed E-state index contributed by atoms with van der Waals surface area (Å²) in [7, 11) is 0. The molecule has 0 N–H and O–H groups in total. The highest BCUT2D eigenvalue weighted by molar-refractivity contribution is 5.94. The fourth-order valence-electron chi connectivity index (χ4n) is 2.61. The van der Waals surface area contributed by atoms with Crippen molar-refractivity contribution in [3.63, 3.8) is 0 Å². The summed E-state index contributed by atoms with van der Waals surface area (Å²) in [6.07, 6.45) is -3.00. The Hall–Kier alpha value is -1.59. The van der Waals surface area contributed by atoms with E-state index in [1.54, 1.807) is 4.90 Å². The molecule has 1 fully saturated rings. The molecule has 0 bridgehead atoms. The number of benzene rings is 1. The number of rotatable bonds is 1. The summed E-state index contributed by atoms with van der Waals surface area (Å²) in [6.45, 7) is 4.38. The number of hydrogen-bond acceptors (Lipinski definition) is 1. The van der Waals surface area contributed by atoms with Gasteiger partial charge in [0.15, 0.2) is 0 Å². The van der Waals surface area contributed by atoms with E-state index in [2.05, 4.69) is 0 Å². The Labute approximate surface area is 120 Å². The van der Waals surface area contributed by atoms with Gasteiger partial charge in [-0.1, -0.05) is 6.92 Å². The molecule has 2 nitrogen and oxygen atoms in total. The molecule has 0 saturated carbocycles. The summed E-state index contributed by atoms with van der Waals surface area (Å²) in [5.74, 6) is -1.52. The molecule has 2 unspecified atom stereocenters. The zero-order valence-corrected chi connectivity index (χ0v) is 11.9. The van der Waals surface area contributed by atoms with Crippen molar-refractivity contribution in [3.05, 3.63) is 35.1 Å². The van der Waals surface area contributed by atoms with Crippen LogP contribution in [-0.4, -0.2) is 23.4 Å². The number of hydrogen-bond donors (Lipinski definition) is 0.